The number of aryl methyl sites for hydroxylation is 2. The maximum Gasteiger partial charge on any atom is 0.255 e. The lowest BCUT2D eigenvalue weighted by atomic mass is 10.0. The summed E-state index contributed by atoms with van der Waals surface area (Å²) in [6.45, 7) is 4.10. The second-order valence-corrected chi connectivity index (χ2v) is 10.0. The Morgan fingerprint density at radius 3 is 2.18 bits per heavy atom. The first kappa shape index (κ1) is 24.4. The van der Waals surface area contributed by atoms with Crippen molar-refractivity contribution >= 4 is 28.2 Å². The van der Waals surface area contributed by atoms with Gasteiger partial charge >= 0.3 is 0 Å². The van der Waals surface area contributed by atoms with Crippen molar-refractivity contribution in [1.82, 2.24) is 19.9 Å². The van der Waals surface area contributed by atoms with E-state index in [1.54, 1.807) is 11.6 Å². The van der Waals surface area contributed by atoms with Crippen molar-refractivity contribution < 1.29 is 9.21 Å². The van der Waals surface area contributed by atoms with Crippen LogP contribution in [0.2, 0.25) is 0 Å². The third kappa shape index (κ3) is 4.32. The highest BCUT2D eigenvalue weighted by molar-refractivity contribution is 6.12. The van der Waals surface area contributed by atoms with Gasteiger partial charge in [0, 0.05) is 55.0 Å². The summed E-state index contributed by atoms with van der Waals surface area (Å²) < 4.78 is 8.14. The predicted octanol–water partition coefficient (Wildman–Crippen LogP) is 6.52. The molecular formula is C32H29N5O2. The minimum absolute atomic E-state index is 0.200. The van der Waals surface area contributed by atoms with Gasteiger partial charge in [0.2, 0.25) is 0 Å². The van der Waals surface area contributed by atoms with E-state index in [9.17, 15) is 4.79 Å². The molecule has 0 atom stereocenters. The Kier molecular flexibility index (Phi) is 5.91. The lowest BCUT2D eigenvalue weighted by Crippen LogP contribution is -2.18. The van der Waals surface area contributed by atoms with Crippen LogP contribution in [0.4, 0.5) is 5.69 Å². The van der Waals surface area contributed by atoms with Crippen LogP contribution in [0.5, 0.6) is 0 Å². The molecule has 0 aliphatic carbocycles. The zero-order valence-corrected chi connectivity index (χ0v) is 22.6. The molecule has 0 bridgehead atoms. The zero-order valence-electron chi connectivity index (χ0n) is 22.6. The standard InChI is InChI=1S/C32H29N5O2/c1-19-6-10-21(11-7-19)26-18-37-29(34-26)15-14-25(35-37)23-16-24-28(17-27(23)36(4)5)39-31(30(24)32(38)33-3)22-12-8-20(2)9-13-22/h6-18H,1-5H3,(H,33,38). The average molecular weight is 516 g/mol. The third-order valence-electron chi connectivity index (χ3n) is 7.00. The predicted molar refractivity (Wildman–Crippen MR) is 156 cm³/mol. The van der Waals surface area contributed by atoms with Crippen molar-refractivity contribution in [3.05, 3.63) is 95.7 Å². The molecule has 194 valence electrons. The number of aromatic nitrogens is 3. The van der Waals surface area contributed by atoms with Crippen LogP contribution < -0.4 is 10.2 Å². The van der Waals surface area contributed by atoms with Gasteiger partial charge in [0.25, 0.3) is 5.91 Å². The number of benzene rings is 3. The maximum atomic E-state index is 13.1. The molecule has 0 unspecified atom stereocenters. The molecule has 3 aromatic carbocycles. The number of carbonyl (C=O) groups is 1. The monoisotopic (exact) mass is 515 g/mol. The summed E-state index contributed by atoms with van der Waals surface area (Å²) in [6, 6.07) is 24.2. The molecule has 0 spiro atoms. The molecule has 3 heterocycles. The first-order valence-corrected chi connectivity index (χ1v) is 12.8. The molecule has 1 amide bonds. The van der Waals surface area contributed by atoms with Gasteiger partial charge in [-0.2, -0.15) is 5.10 Å². The molecule has 7 nitrogen and oxygen atoms in total. The molecular weight excluding hydrogens is 486 g/mol. The van der Waals surface area contributed by atoms with E-state index in [0.29, 0.717) is 16.9 Å². The van der Waals surface area contributed by atoms with Crippen molar-refractivity contribution in [3.8, 4) is 33.8 Å². The molecule has 0 fully saturated rings. The largest absolute Gasteiger partial charge is 0.455 e. The number of rotatable bonds is 5. The van der Waals surface area contributed by atoms with Gasteiger partial charge in [0.1, 0.15) is 11.3 Å². The van der Waals surface area contributed by atoms with E-state index in [-0.39, 0.29) is 5.91 Å². The lowest BCUT2D eigenvalue weighted by molar-refractivity contribution is 0.0964. The van der Waals surface area contributed by atoms with Crippen LogP contribution in [0.25, 0.3) is 50.5 Å². The molecule has 3 aromatic heterocycles. The quantitative estimate of drug-likeness (QED) is 0.283. The first-order chi connectivity index (χ1) is 18.8. The van der Waals surface area contributed by atoms with Crippen molar-refractivity contribution in [2.45, 2.75) is 13.8 Å². The van der Waals surface area contributed by atoms with Crippen LogP contribution >= 0.6 is 0 Å². The van der Waals surface area contributed by atoms with Gasteiger partial charge in [-0.15, -0.1) is 0 Å². The highest BCUT2D eigenvalue weighted by atomic mass is 16.3. The highest BCUT2D eigenvalue weighted by Crippen LogP contribution is 2.40. The number of nitrogens with one attached hydrogen (secondary N) is 1. The SMILES string of the molecule is CNC(=O)c1c(-c2ccc(C)cc2)oc2cc(N(C)C)c(-c3ccc4nc(-c5ccc(C)cc5)cn4n3)cc12. The summed E-state index contributed by atoms with van der Waals surface area (Å²) in [7, 11) is 5.61. The number of fused-ring (bicyclic) bond motifs is 2. The normalized spacial score (nSPS) is 11.3. The Labute approximate surface area is 226 Å². The van der Waals surface area contributed by atoms with Crippen molar-refractivity contribution in [1.29, 1.82) is 0 Å². The van der Waals surface area contributed by atoms with E-state index in [1.807, 2.05) is 80.6 Å². The van der Waals surface area contributed by atoms with E-state index in [1.165, 1.54) is 5.56 Å². The minimum Gasteiger partial charge on any atom is -0.455 e. The molecule has 7 heteroatoms. The number of anilines is 1. The first-order valence-electron chi connectivity index (χ1n) is 12.8. The Balaban J connectivity index is 1.54. The van der Waals surface area contributed by atoms with Gasteiger partial charge in [-0.25, -0.2) is 9.50 Å². The van der Waals surface area contributed by atoms with Crippen LogP contribution in [0.1, 0.15) is 21.5 Å². The Bertz CT molecular complexity index is 1840. The number of amides is 1. The molecule has 0 saturated heterocycles. The third-order valence-corrected chi connectivity index (χ3v) is 7.00. The lowest BCUT2D eigenvalue weighted by Gasteiger charge is -2.17. The summed E-state index contributed by atoms with van der Waals surface area (Å²) in [5.41, 5.74) is 9.60. The van der Waals surface area contributed by atoms with Gasteiger partial charge in [-0.1, -0.05) is 59.7 Å². The molecule has 39 heavy (non-hydrogen) atoms. The number of carbonyl (C=O) groups excluding carboxylic acids is 1. The number of nitrogens with zero attached hydrogens (tertiary/aromatic N) is 4. The second-order valence-electron chi connectivity index (χ2n) is 10.0. The Morgan fingerprint density at radius 1 is 0.872 bits per heavy atom. The number of hydrogen-bond acceptors (Lipinski definition) is 5. The van der Waals surface area contributed by atoms with Crippen LogP contribution in [0.15, 0.2) is 83.4 Å². The summed E-state index contributed by atoms with van der Waals surface area (Å²) in [4.78, 5) is 19.9. The molecule has 1 N–H and O–H groups in total. The van der Waals surface area contributed by atoms with Crippen LogP contribution in [0.3, 0.4) is 0 Å². The van der Waals surface area contributed by atoms with Gasteiger partial charge in [0.15, 0.2) is 5.65 Å². The fraction of sp³-hybridized carbons (Fsp3) is 0.156. The molecule has 6 aromatic rings. The fourth-order valence-electron chi connectivity index (χ4n) is 4.86. The number of hydrogen-bond donors (Lipinski definition) is 1. The molecule has 0 saturated carbocycles. The van der Waals surface area contributed by atoms with Gasteiger partial charge < -0.3 is 14.6 Å². The summed E-state index contributed by atoms with van der Waals surface area (Å²) in [6.07, 6.45) is 1.95. The van der Waals surface area contributed by atoms with Gasteiger partial charge in [-0.05, 0) is 32.0 Å². The molecule has 6 rings (SSSR count). The highest BCUT2D eigenvalue weighted by Gasteiger charge is 2.24. The van der Waals surface area contributed by atoms with Crippen LogP contribution in [-0.4, -0.2) is 41.6 Å². The van der Waals surface area contributed by atoms with E-state index in [2.05, 4.69) is 36.5 Å². The van der Waals surface area contributed by atoms with E-state index in [4.69, 9.17) is 14.5 Å². The topological polar surface area (TPSA) is 75.7 Å². The number of furan rings is 1. The van der Waals surface area contributed by atoms with Crippen LogP contribution in [-0.2, 0) is 0 Å². The van der Waals surface area contributed by atoms with Crippen molar-refractivity contribution in [2.75, 3.05) is 26.0 Å². The number of imidazole rings is 1. The summed E-state index contributed by atoms with van der Waals surface area (Å²) in [5.74, 6) is 0.348. The maximum absolute atomic E-state index is 13.1. The van der Waals surface area contributed by atoms with E-state index >= 15 is 0 Å². The zero-order chi connectivity index (χ0) is 27.3. The van der Waals surface area contributed by atoms with Crippen LogP contribution in [0, 0.1) is 13.8 Å². The van der Waals surface area contributed by atoms with Crippen molar-refractivity contribution in [2.24, 2.45) is 0 Å². The van der Waals surface area contributed by atoms with Crippen molar-refractivity contribution in [3.63, 3.8) is 0 Å². The molecule has 0 radical (unpaired) electrons. The Morgan fingerprint density at radius 2 is 1.54 bits per heavy atom. The Hall–Kier alpha value is -4.91. The molecule has 0 aliphatic heterocycles. The summed E-state index contributed by atoms with van der Waals surface area (Å²) >= 11 is 0. The minimum atomic E-state index is -0.200. The second kappa shape index (κ2) is 9.44. The molecule has 0 aliphatic rings. The fourth-order valence-corrected chi connectivity index (χ4v) is 4.86. The van der Waals surface area contributed by atoms with Gasteiger partial charge in [0.05, 0.1) is 23.1 Å². The average Bonchev–Trinajstić information content (AvgIpc) is 3.53. The van der Waals surface area contributed by atoms with E-state index < -0.39 is 0 Å². The van der Waals surface area contributed by atoms with E-state index in [0.717, 1.165) is 50.4 Å². The summed E-state index contributed by atoms with van der Waals surface area (Å²) in [5, 5.41) is 8.45. The van der Waals surface area contributed by atoms with Gasteiger partial charge in [-0.3, -0.25) is 4.79 Å². The smallest absolute Gasteiger partial charge is 0.255 e.